The number of sulfonamides is 1. The molecular formula is C16H23NO2S. The maximum atomic E-state index is 12.3. The van der Waals surface area contributed by atoms with Gasteiger partial charge < -0.3 is 0 Å². The highest BCUT2D eigenvalue weighted by molar-refractivity contribution is 7.92. The monoisotopic (exact) mass is 293 g/mol. The topological polar surface area (TPSA) is 46.2 Å². The molecule has 3 aliphatic carbocycles. The minimum Gasteiger partial charge on any atom is -0.284 e. The number of rotatable bonds is 4. The molecule has 20 heavy (non-hydrogen) atoms. The van der Waals surface area contributed by atoms with Crippen LogP contribution in [0.2, 0.25) is 0 Å². The number of hydrogen-bond donors (Lipinski definition) is 1. The van der Waals surface area contributed by atoms with E-state index in [2.05, 4.69) is 18.6 Å². The second kappa shape index (κ2) is 4.76. The molecule has 0 aliphatic heterocycles. The van der Waals surface area contributed by atoms with Crippen molar-refractivity contribution in [2.24, 2.45) is 23.2 Å². The van der Waals surface area contributed by atoms with Gasteiger partial charge in [0.05, 0.1) is 5.75 Å². The molecule has 3 aliphatic rings. The maximum Gasteiger partial charge on any atom is 0.233 e. The lowest BCUT2D eigenvalue weighted by Crippen LogP contribution is -2.53. The van der Waals surface area contributed by atoms with Crippen molar-refractivity contribution in [3.8, 4) is 0 Å². The molecule has 110 valence electrons. The summed E-state index contributed by atoms with van der Waals surface area (Å²) in [6.45, 7) is 4.60. The van der Waals surface area contributed by atoms with Gasteiger partial charge in [0.1, 0.15) is 0 Å². The van der Waals surface area contributed by atoms with E-state index in [1.54, 1.807) is 12.1 Å². The first-order valence-corrected chi connectivity index (χ1v) is 9.09. The van der Waals surface area contributed by atoms with E-state index in [1.165, 1.54) is 12.8 Å². The van der Waals surface area contributed by atoms with E-state index in [9.17, 15) is 8.42 Å². The molecular weight excluding hydrogens is 270 g/mol. The van der Waals surface area contributed by atoms with Crippen LogP contribution in [-0.4, -0.2) is 14.2 Å². The van der Waals surface area contributed by atoms with Gasteiger partial charge in [0.15, 0.2) is 0 Å². The minimum atomic E-state index is -3.24. The summed E-state index contributed by atoms with van der Waals surface area (Å²) in [5, 5.41) is 0. The lowest BCUT2D eigenvalue weighted by molar-refractivity contribution is -0.0977. The van der Waals surface area contributed by atoms with E-state index in [1.807, 2.05) is 18.2 Å². The van der Waals surface area contributed by atoms with Gasteiger partial charge in [-0.2, -0.15) is 0 Å². The Morgan fingerprint density at radius 1 is 1.20 bits per heavy atom. The Balaban J connectivity index is 1.68. The highest BCUT2D eigenvalue weighted by Crippen LogP contribution is 2.61. The normalized spacial score (nSPS) is 31.4. The van der Waals surface area contributed by atoms with E-state index in [0.29, 0.717) is 22.9 Å². The van der Waals surface area contributed by atoms with Crippen LogP contribution < -0.4 is 4.72 Å². The zero-order chi connectivity index (χ0) is 14.4. The van der Waals surface area contributed by atoms with Crippen molar-refractivity contribution in [1.29, 1.82) is 0 Å². The first-order chi connectivity index (χ1) is 9.38. The second-order valence-electron chi connectivity index (χ2n) is 6.95. The summed E-state index contributed by atoms with van der Waals surface area (Å²) in [7, 11) is -3.24. The second-order valence-corrected chi connectivity index (χ2v) is 8.71. The number of benzene rings is 1. The zero-order valence-electron chi connectivity index (χ0n) is 12.2. The van der Waals surface area contributed by atoms with Crippen molar-refractivity contribution in [2.75, 3.05) is 10.5 Å². The van der Waals surface area contributed by atoms with Crippen LogP contribution in [0.25, 0.3) is 0 Å². The number of hydrogen-bond acceptors (Lipinski definition) is 2. The highest BCUT2D eigenvalue weighted by Gasteiger charge is 2.54. The molecule has 2 bridgehead atoms. The van der Waals surface area contributed by atoms with E-state index >= 15 is 0 Å². The van der Waals surface area contributed by atoms with Crippen LogP contribution in [0.5, 0.6) is 0 Å². The van der Waals surface area contributed by atoms with Crippen molar-refractivity contribution in [1.82, 2.24) is 0 Å². The summed E-state index contributed by atoms with van der Waals surface area (Å²) in [4.78, 5) is 0. The molecule has 1 aromatic carbocycles. The molecule has 0 aromatic heterocycles. The Kier molecular flexibility index (Phi) is 3.32. The van der Waals surface area contributed by atoms with Crippen LogP contribution in [0.1, 0.15) is 33.1 Å². The fourth-order valence-electron chi connectivity index (χ4n) is 4.17. The molecule has 1 N–H and O–H groups in total. The molecule has 1 aromatic rings. The standard InChI is InChI=1S/C16H23NO2S/c1-16(2)13-9-8-12(15(16)10-13)11-20(18,19)17-14-6-4-3-5-7-14/h3-7,12-13,15,17H,8-11H2,1-2H3/t12-,13-,15-/m0/s1. The van der Waals surface area contributed by atoms with Crippen LogP contribution in [0.4, 0.5) is 5.69 Å². The van der Waals surface area contributed by atoms with Crippen LogP contribution in [0.3, 0.4) is 0 Å². The van der Waals surface area contributed by atoms with Crippen molar-refractivity contribution in [3.63, 3.8) is 0 Å². The van der Waals surface area contributed by atoms with Crippen LogP contribution >= 0.6 is 0 Å². The molecule has 0 unspecified atom stereocenters. The van der Waals surface area contributed by atoms with Crippen molar-refractivity contribution >= 4 is 15.7 Å². The summed E-state index contributed by atoms with van der Waals surface area (Å²) >= 11 is 0. The Hall–Kier alpha value is -1.03. The van der Waals surface area contributed by atoms with Crippen LogP contribution in [0, 0.1) is 23.2 Å². The lowest BCUT2D eigenvalue weighted by Gasteiger charge is -2.60. The van der Waals surface area contributed by atoms with Gasteiger partial charge in [-0.05, 0) is 54.6 Å². The fourth-order valence-corrected chi connectivity index (χ4v) is 5.71. The molecule has 0 spiro atoms. The Labute approximate surface area is 121 Å². The van der Waals surface area contributed by atoms with Gasteiger partial charge in [0, 0.05) is 5.69 Å². The Bertz CT molecular complexity index is 578. The molecule has 3 fully saturated rings. The first kappa shape index (κ1) is 13.9. The third-order valence-corrected chi connectivity index (χ3v) is 6.90. The van der Waals surface area contributed by atoms with Crippen molar-refractivity contribution in [3.05, 3.63) is 30.3 Å². The molecule has 4 rings (SSSR count). The van der Waals surface area contributed by atoms with Crippen LogP contribution in [-0.2, 0) is 10.0 Å². The van der Waals surface area contributed by atoms with Gasteiger partial charge in [-0.1, -0.05) is 32.0 Å². The molecule has 0 saturated heterocycles. The summed E-state index contributed by atoms with van der Waals surface area (Å²) < 4.78 is 27.4. The zero-order valence-corrected chi connectivity index (χ0v) is 13.0. The largest absolute Gasteiger partial charge is 0.284 e. The van der Waals surface area contributed by atoms with Gasteiger partial charge in [-0.25, -0.2) is 8.42 Å². The summed E-state index contributed by atoms with van der Waals surface area (Å²) in [6.07, 6.45) is 3.47. The smallest absolute Gasteiger partial charge is 0.233 e. The van der Waals surface area contributed by atoms with E-state index in [-0.39, 0.29) is 5.75 Å². The molecule has 3 saturated carbocycles. The number of fused-ring (bicyclic) bond motifs is 2. The van der Waals surface area contributed by atoms with Crippen molar-refractivity contribution < 1.29 is 8.42 Å². The minimum absolute atomic E-state index is 0.267. The molecule has 0 heterocycles. The Morgan fingerprint density at radius 3 is 2.50 bits per heavy atom. The van der Waals surface area contributed by atoms with Gasteiger partial charge >= 0.3 is 0 Å². The maximum absolute atomic E-state index is 12.3. The van der Waals surface area contributed by atoms with Crippen LogP contribution in [0.15, 0.2) is 30.3 Å². The molecule has 3 nitrogen and oxygen atoms in total. The molecule has 0 amide bonds. The van der Waals surface area contributed by atoms with E-state index in [4.69, 9.17) is 0 Å². The predicted octanol–water partition coefficient (Wildman–Crippen LogP) is 3.50. The van der Waals surface area contributed by atoms with Gasteiger partial charge in [0.25, 0.3) is 0 Å². The third kappa shape index (κ3) is 2.46. The average Bonchev–Trinajstić information content (AvgIpc) is 2.38. The summed E-state index contributed by atoms with van der Waals surface area (Å²) in [5.74, 6) is 1.97. The predicted molar refractivity (Wildman–Crippen MR) is 82.0 cm³/mol. The number of para-hydroxylation sites is 1. The van der Waals surface area contributed by atoms with Gasteiger partial charge in [-0.3, -0.25) is 4.72 Å². The van der Waals surface area contributed by atoms with Gasteiger partial charge in [-0.15, -0.1) is 0 Å². The fraction of sp³-hybridized carbons (Fsp3) is 0.625. The average molecular weight is 293 g/mol. The molecule has 3 atom stereocenters. The quantitative estimate of drug-likeness (QED) is 0.923. The first-order valence-electron chi connectivity index (χ1n) is 7.44. The molecule has 0 radical (unpaired) electrons. The number of anilines is 1. The SMILES string of the molecule is CC1(C)[C@H]2CC[C@@H](CS(=O)(=O)Nc3ccccc3)[C@@H]1C2. The number of nitrogens with one attached hydrogen (secondary N) is 1. The van der Waals surface area contributed by atoms with Gasteiger partial charge in [0.2, 0.25) is 10.0 Å². The lowest BCUT2D eigenvalue weighted by atomic mass is 9.46. The van der Waals surface area contributed by atoms with Crippen molar-refractivity contribution in [2.45, 2.75) is 33.1 Å². The Morgan fingerprint density at radius 2 is 1.90 bits per heavy atom. The summed E-state index contributed by atoms with van der Waals surface area (Å²) in [6, 6.07) is 9.16. The highest BCUT2D eigenvalue weighted by atomic mass is 32.2. The summed E-state index contributed by atoms with van der Waals surface area (Å²) in [5.41, 5.74) is 1.000. The van der Waals surface area contributed by atoms with E-state index < -0.39 is 10.0 Å². The van der Waals surface area contributed by atoms with E-state index in [0.717, 1.165) is 12.3 Å². The molecule has 4 heteroatoms. The third-order valence-electron chi connectivity index (χ3n) is 5.48.